The van der Waals surface area contributed by atoms with Crippen molar-refractivity contribution in [3.63, 3.8) is 0 Å². The van der Waals surface area contributed by atoms with Gasteiger partial charge < -0.3 is 5.32 Å². The zero-order chi connectivity index (χ0) is 16.9. The number of hydrogen-bond acceptors (Lipinski definition) is 4. The van der Waals surface area contributed by atoms with Crippen molar-refractivity contribution in [2.75, 3.05) is 14.1 Å². The lowest BCUT2D eigenvalue weighted by Gasteiger charge is -2.12. The van der Waals surface area contributed by atoms with Crippen molar-refractivity contribution in [3.05, 3.63) is 29.8 Å². The summed E-state index contributed by atoms with van der Waals surface area (Å²) in [5.74, 6) is 0. The van der Waals surface area contributed by atoms with Crippen molar-refractivity contribution in [3.8, 4) is 0 Å². The third-order valence-electron chi connectivity index (χ3n) is 2.80. The molecule has 1 aromatic rings. The molecule has 0 aliphatic rings. The number of sulfonamides is 1. The summed E-state index contributed by atoms with van der Waals surface area (Å²) in [5, 5.41) is 7.64. The van der Waals surface area contributed by atoms with Crippen LogP contribution in [0.15, 0.2) is 34.3 Å². The van der Waals surface area contributed by atoms with Gasteiger partial charge in [0.2, 0.25) is 10.0 Å². The lowest BCUT2D eigenvalue weighted by molar-refractivity contribution is 0.521. The van der Waals surface area contributed by atoms with Crippen molar-refractivity contribution < 1.29 is 8.42 Å². The van der Waals surface area contributed by atoms with Gasteiger partial charge in [0.15, 0.2) is 5.11 Å². The minimum Gasteiger partial charge on any atom is -0.359 e. The highest BCUT2D eigenvalue weighted by molar-refractivity contribution is 7.89. The number of rotatable bonds is 5. The van der Waals surface area contributed by atoms with Crippen LogP contribution in [-0.2, 0) is 10.0 Å². The number of hydrazone groups is 1. The Morgan fingerprint density at radius 2 is 1.77 bits per heavy atom. The molecular weight excluding hydrogens is 320 g/mol. The van der Waals surface area contributed by atoms with E-state index in [1.165, 1.54) is 18.4 Å². The lowest BCUT2D eigenvalue weighted by atomic mass is 10.1. The number of thiocarbonyl (C=S) groups is 1. The van der Waals surface area contributed by atoms with Gasteiger partial charge in [-0.05, 0) is 50.7 Å². The van der Waals surface area contributed by atoms with Crippen LogP contribution in [0.5, 0.6) is 0 Å². The van der Waals surface area contributed by atoms with Gasteiger partial charge in [-0.3, -0.25) is 5.43 Å². The largest absolute Gasteiger partial charge is 0.359 e. The predicted molar refractivity (Wildman–Crippen MR) is 93.5 cm³/mol. The van der Waals surface area contributed by atoms with Crippen LogP contribution >= 0.6 is 12.2 Å². The molecule has 0 aromatic heterocycles. The maximum absolute atomic E-state index is 12.0. The van der Waals surface area contributed by atoms with Crippen LogP contribution in [0.25, 0.3) is 0 Å². The van der Waals surface area contributed by atoms with Gasteiger partial charge in [-0.2, -0.15) is 5.10 Å². The van der Waals surface area contributed by atoms with Gasteiger partial charge in [0.05, 0.1) is 10.6 Å². The van der Waals surface area contributed by atoms with Crippen molar-refractivity contribution >= 4 is 33.1 Å². The van der Waals surface area contributed by atoms with Crippen molar-refractivity contribution in [1.82, 2.24) is 15.0 Å². The first-order valence-electron chi connectivity index (χ1n) is 6.78. The number of nitrogens with one attached hydrogen (secondary N) is 2. The van der Waals surface area contributed by atoms with Gasteiger partial charge in [0, 0.05) is 20.1 Å². The summed E-state index contributed by atoms with van der Waals surface area (Å²) in [6, 6.07) is 6.79. The summed E-state index contributed by atoms with van der Waals surface area (Å²) in [6.45, 7) is 5.78. The Labute approximate surface area is 137 Å². The number of hydrogen-bond donors (Lipinski definition) is 2. The van der Waals surface area contributed by atoms with Gasteiger partial charge >= 0.3 is 0 Å². The molecule has 0 saturated carbocycles. The average Bonchev–Trinajstić information content (AvgIpc) is 2.44. The molecular formula is C14H22N4O2S2. The minimum absolute atomic E-state index is 0.228. The molecule has 8 heteroatoms. The molecule has 1 aromatic carbocycles. The van der Waals surface area contributed by atoms with Gasteiger partial charge in [-0.15, -0.1) is 0 Å². The molecule has 0 spiro atoms. The average molecular weight is 342 g/mol. The highest BCUT2D eigenvalue weighted by atomic mass is 32.2. The molecule has 1 rings (SSSR count). The molecule has 0 unspecified atom stereocenters. The van der Waals surface area contributed by atoms with E-state index < -0.39 is 10.0 Å². The molecule has 22 heavy (non-hydrogen) atoms. The second-order valence-corrected chi connectivity index (χ2v) is 7.81. The van der Waals surface area contributed by atoms with Gasteiger partial charge in [0.1, 0.15) is 0 Å². The van der Waals surface area contributed by atoms with E-state index in [9.17, 15) is 8.42 Å². The Morgan fingerprint density at radius 1 is 1.23 bits per heavy atom. The van der Waals surface area contributed by atoms with Crippen LogP contribution in [-0.4, -0.2) is 43.7 Å². The van der Waals surface area contributed by atoms with Crippen molar-refractivity contribution in [2.45, 2.75) is 31.7 Å². The van der Waals surface area contributed by atoms with E-state index in [-0.39, 0.29) is 10.9 Å². The molecule has 0 amide bonds. The molecule has 0 heterocycles. The van der Waals surface area contributed by atoms with Crippen molar-refractivity contribution in [2.24, 2.45) is 5.10 Å². The van der Waals surface area contributed by atoms with E-state index in [0.717, 1.165) is 5.56 Å². The van der Waals surface area contributed by atoms with Crippen LogP contribution in [0, 0.1) is 0 Å². The first kappa shape index (κ1) is 18.5. The fourth-order valence-electron chi connectivity index (χ4n) is 1.57. The monoisotopic (exact) mass is 342 g/mol. The Bertz CT molecular complexity index is 650. The van der Waals surface area contributed by atoms with Gasteiger partial charge in [-0.1, -0.05) is 12.1 Å². The molecule has 0 aliphatic carbocycles. The summed E-state index contributed by atoms with van der Waals surface area (Å²) >= 11 is 5.08. The third-order valence-corrected chi connectivity index (χ3v) is 4.83. The smallest absolute Gasteiger partial charge is 0.242 e. The normalized spacial score (nSPS) is 12.6. The highest BCUT2D eigenvalue weighted by Gasteiger charge is 2.16. The lowest BCUT2D eigenvalue weighted by Crippen LogP contribution is -2.37. The number of benzene rings is 1. The SMILES string of the molecule is C/C(=N/NC(=S)NC(C)C)c1ccc(S(=O)(=O)N(C)C)cc1. The first-order valence-corrected chi connectivity index (χ1v) is 8.63. The quantitative estimate of drug-likeness (QED) is 0.482. The first-order chi connectivity index (χ1) is 10.1. The zero-order valence-electron chi connectivity index (χ0n) is 13.4. The molecule has 0 saturated heterocycles. The Balaban J connectivity index is 2.84. The van der Waals surface area contributed by atoms with Crippen LogP contribution in [0.1, 0.15) is 26.3 Å². The topological polar surface area (TPSA) is 73.8 Å². The van der Waals surface area contributed by atoms with Gasteiger partial charge in [0.25, 0.3) is 0 Å². The Hall–Kier alpha value is -1.51. The van der Waals surface area contributed by atoms with E-state index in [0.29, 0.717) is 10.8 Å². The van der Waals surface area contributed by atoms with Crippen molar-refractivity contribution in [1.29, 1.82) is 0 Å². The number of nitrogens with zero attached hydrogens (tertiary/aromatic N) is 2. The Morgan fingerprint density at radius 3 is 2.23 bits per heavy atom. The predicted octanol–water partition coefficient (Wildman–Crippen LogP) is 1.53. The molecule has 0 bridgehead atoms. The maximum Gasteiger partial charge on any atom is 0.242 e. The van der Waals surface area contributed by atoms with Gasteiger partial charge in [-0.25, -0.2) is 12.7 Å². The molecule has 6 nitrogen and oxygen atoms in total. The van der Waals surface area contributed by atoms with Crippen LogP contribution < -0.4 is 10.7 Å². The molecule has 2 N–H and O–H groups in total. The van der Waals surface area contributed by atoms with E-state index in [1.54, 1.807) is 24.3 Å². The molecule has 0 fully saturated rings. The van der Waals surface area contributed by atoms with Crippen LogP contribution in [0.2, 0.25) is 0 Å². The standard InChI is InChI=1S/C14H22N4O2S2/c1-10(2)15-14(21)17-16-11(3)12-6-8-13(9-7-12)22(19,20)18(4)5/h6-10H,1-5H3,(H2,15,17,21)/b16-11-. The fraction of sp³-hybridized carbons (Fsp3) is 0.429. The van der Waals surface area contributed by atoms with E-state index in [4.69, 9.17) is 12.2 Å². The summed E-state index contributed by atoms with van der Waals surface area (Å²) in [5.41, 5.74) is 4.28. The maximum atomic E-state index is 12.0. The van der Waals surface area contributed by atoms with Crippen LogP contribution in [0.4, 0.5) is 0 Å². The summed E-state index contributed by atoms with van der Waals surface area (Å²) in [6.07, 6.45) is 0. The van der Waals surface area contributed by atoms with Crippen LogP contribution in [0.3, 0.4) is 0 Å². The van der Waals surface area contributed by atoms with E-state index in [2.05, 4.69) is 15.8 Å². The summed E-state index contributed by atoms with van der Waals surface area (Å²) in [7, 11) is -0.406. The van der Waals surface area contributed by atoms with E-state index in [1.807, 2.05) is 20.8 Å². The zero-order valence-corrected chi connectivity index (χ0v) is 15.0. The summed E-state index contributed by atoms with van der Waals surface area (Å²) in [4.78, 5) is 0.249. The molecule has 0 radical (unpaired) electrons. The highest BCUT2D eigenvalue weighted by Crippen LogP contribution is 2.14. The second kappa shape index (κ2) is 7.66. The Kier molecular flexibility index (Phi) is 6.46. The molecule has 122 valence electrons. The molecule has 0 atom stereocenters. The van der Waals surface area contributed by atoms with E-state index >= 15 is 0 Å². The minimum atomic E-state index is -3.41. The fourth-order valence-corrected chi connectivity index (χ4v) is 2.76. The third kappa shape index (κ3) is 5.04. The summed E-state index contributed by atoms with van der Waals surface area (Å²) < 4.78 is 25.2. The second-order valence-electron chi connectivity index (χ2n) is 5.25. The molecule has 0 aliphatic heterocycles.